The predicted molar refractivity (Wildman–Crippen MR) is 337 cm³/mol. The second-order valence-corrected chi connectivity index (χ2v) is 25.0. The molecule has 0 saturated carbocycles. The fourth-order valence-corrected chi connectivity index (χ4v) is 11.8. The standard InChI is InChI=1S/C69H131NO13/c1-3-5-7-9-11-13-15-17-19-21-23-24-25-26-27-28-29-30-31-32-33-34-35-36-38-40-42-44-46-48-50-52-58(73)57(70-61(74)53-51-49-47-45-43-41-39-37-22-20-18-16-14-12-10-8-6-4-2)56-80-68-66(79)64(77)67(60(55-72)82-68)83-69-65(78)63(76)62(75)59(54-71)81-69/h20,22,50,52,57-60,62-69,71-73,75-79H,3-19,21,23-49,51,53-56H2,1-2H3,(H,70,74)/b22-20-,52-50+. The quantitative estimate of drug-likeness (QED) is 0.0204. The number of aliphatic hydroxyl groups is 8. The molecule has 14 nitrogen and oxygen atoms in total. The van der Waals surface area contributed by atoms with Gasteiger partial charge in [-0.1, -0.05) is 289 Å². The van der Waals surface area contributed by atoms with E-state index in [-0.39, 0.29) is 18.9 Å². The number of allylic oxidation sites excluding steroid dienone is 3. The molecule has 1 amide bonds. The van der Waals surface area contributed by atoms with Crippen LogP contribution >= 0.6 is 0 Å². The Morgan fingerprint density at radius 1 is 0.422 bits per heavy atom. The van der Waals surface area contributed by atoms with E-state index in [0.29, 0.717) is 6.42 Å². The molecule has 2 fully saturated rings. The molecule has 0 aromatic carbocycles. The van der Waals surface area contributed by atoms with Gasteiger partial charge >= 0.3 is 0 Å². The maximum Gasteiger partial charge on any atom is 0.220 e. The lowest BCUT2D eigenvalue weighted by atomic mass is 9.97. The van der Waals surface area contributed by atoms with Gasteiger partial charge in [0.25, 0.3) is 0 Å². The van der Waals surface area contributed by atoms with E-state index in [9.17, 15) is 45.6 Å². The van der Waals surface area contributed by atoms with Gasteiger partial charge in [0.15, 0.2) is 12.6 Å². The molecule has 2 saturated heterocycles. The number of amides is 1. The zero-order chi connectivity index (χ0) is 60.2. The summed E-state index contributed by atoms with van der Waals surface area (Å²) in [7, 11) is 0. The topological polar surface area (TPSA) is 228 Å². The lowest BCUT2D eigenvalue weighted by Gasteiger charge is -2.46. The molecule has 12 atom stereocenters. The second kappa shape index (κ2) is 54.6. The molecular formula is C69H131NO13. The first-order valence-electron chi connectivity index (χ1n) is 35.1. The highest BCUT2D eigenvalue weighted by atomic mass is 16.7. The van der Waals surface area contributed by atoms with Gasteiger partial charge in [0.2, 0.25) is 5.91 Å². The van der Waals surface area contributed by atoms with Gasteiger partial charge in [-0.15, -0.1) is 0 Å². The Bertz CT molecular complexity index is 1490. The van der Waals surface area contributed by atoms with Crippen molar-refractivity contribution in [3.63, 3.8) is 0 Å². The van der Waals surface area contributed by atoms with E-state index in [1.807, 2.05) is 6.08 Å². The Balaban J connectivity index is 1.66. The van der Waals surface area contributed by atoms with Crippen LogP contribution in [-0.4, -0.2) is 140 Å². The van der Waals surface area contributed by atoms with Crippen molar-refractivity contribution in [3.05, 3.63) is 24.3 Å². The molecule has 9 N–H and O–H groups in total. The van der Waals surface area contributed by atoms with Crippen LogP contribution in [0.3, 0.4) is 0 Å². The number of carbonyl (C=O) groups excluding carboxylic acids is 1. The summed E-state index contributed by atoms with van der Waals surface area (Å²) in [6, 6.07) is -0.916. The van der Waals surface area contributed by atoms with Crippen LogP contribution in [0.4, 0.5) is 0 Å². The first-order valence-corrected chi connectivity index (χ1v) is 35.1. The Morgan fingerprint density at radius 3 is 1.14 bits per heavy atom. The predicted octanol–water partition coefficient (Wildman–Crippen LogP) is 14.0. The van der Waals surface area contributed by atoms with E-state index in [1.54, 1.807) is 6.08 Å². The Kier molecular flexibility index (Phi) is 51.0. The van der Waals surface area contributed by atoms with E-state index in [1.165, 1.54) is 244 Å². The molecule has 12 unspecified atom stereocenters. The third-order valence-electron chi connectivity index (χ3n) is 17.4. The van der Waals surface area contributed by atoms with Crippen LogP contribution in [-0.2, 0) is 23.7 Å². The molecule has 14 heteroatoms. The summed E-state index contributed by atoms with van der Waals surface area (Å²) < 4.78 is 22.8. The zero-order valence-corrected chi connectivity index (χ0v) is 53.2. The van der Waals surface area contributed by atoms with Crippen LogP contribution in [0.5, 0.6) is 0 Å². The van der Waals surface area contributed by atoms with E-state index >= 15 is 0 Å². The first kappa shape index (κ1) is 77.6. The first-order chi connectivity index (χ1) is 40.6. The SMILES string of the molecule is CCCCCCCCC/C=C\CCCCCCCCCC(=O)NC(COC1OC(CO)C(OC2OC(CO)C(O)C(O)C2O)C(O)C1O)C(O)/C=C/CCCCCCCCCCCCCCCCCCCCCCCCCCCCCCC. The summed E-state index contributed by atoms with van der Waals surface area (Å²) in [5.74, 6) is -0.239. The largest absolute Gasteiger partial charge is 0.394 e. The molecule has 0 bridgehead atoms. The van der Waals surface area contributed by atoms with Crippen molar-refractivity contribution in [2.45, 2.75) is 389 Å². The summed E-state index contributed by atoms with van der Waals surface area (Å²) in [4.78, 5) is 13.3. The Hall–Kier alpha value is -1.53. The normalized spacial score (nSPS) is 23.9. The van der Waals surface area contributed by atoms with E-state index in [4.69, 9.17) is 18.9 Å². The van der Waals surface area contributed by atoms with Crippen LogP contribution in [0.1, 0.15) is 316 Å². The maximum atomic E-state index is 13.3. The fraction of sp³-hybridized carbons (Fsp3) is 0.928. The Labute approximate surface area is 507 Å². The average molecular weight is 1180 g/mol. The number of nitrogens with one attached hydrogen (secondary N) is 1. The highest BCUT2D eigenvalue weighted by molar-refractivity contribution is 5.76. The molecule has 2 heterocycles. The minimum Gasteiger partial charge on any atom is -0.394 e. The van der Waals surface area contributed by atoms with Gasteiger partial charge in [-0.2, -0.15) is 0 Å². The molecule has 2 rings (SSSR count). The molecule has 0 aromatic rings. The van der Waals surface area contributed by atoms with Crippen LogP contribution < -0.4 is 5.32 Å². The summed E-state index contributed by atoms with van der Waals surface area (Å²) in [5, 5.41) is 87.4. The van der Waals surface area contributed by atoms with E-state index in [0.717, 1.165) is 44.9 Å². The molecule has 2 aliphatic rings. The van der Waals surface area contributed by atoms with Gasteiger partial charge < -0.3 is 65.1 Å². The molecule has 0 aliphatic carbocycles. The molecule has 0 spiro atoms. The van der Waals surface area contributed by atoms with Crippen LogP contribution in [0, 0.1) is 0 Å². The highest BCUT2D eigenvalue weighted by Gasteiger charge is 2.51. The zero-order valence-electron chi connectivity index (χ0n) is 53.2. The Morgan fingerprint density at radius 2 is 0.759 bits per heavy atom. The van der Waals surface area contributed by atoms with Crippen molar-refractivity contribution < 1.29 is 64.6 Å². The molecule has 2 aliphatic heterocycles. The summed E-state index contributed by atoms with van der Waals surface area (Å²) in [5.41, 5.74) is 0. The number of carbonyl (C=O) groups is 1. The molecule has 0 aromatic heterocycles. The molecule has 83 heavy (non-hydrogen) atoms. The van der Waals surface area contributed by atoms with Gasteiger partial charge in [0.05, 0.1) is 32.0 Å². The average Bonchev–Trinajstić information content (AvgIpc) is 3.65. The monoisotopic (exact) mass is 1180 g/mol. The second-order valence-electron chi connectivity index (χ2n) is 25.0. The number of unbranched alkanes of at least 4 members (excludes halogenated alkanes) is 43. The third kappa shape index (κ3) is 39.2. The van der Waals surface area contributed by atoms with E-state index < -0.39 is 86.8 Å². The lowest BCUT2D eigenvalue weighted by molar-refractivity contribution is -0.359. The third-order valence-corrected chi connectivity index (χ3v) is 17.4. The van der Waals surface area contributed by atoms with Crippen molar-refractivity contribution >= 4 is 5.91 Å². The number of hydrogen-bond donors (Lipinski definition) is 9. The summed E-state index contributed by atoms with van der Waals surface area (Å²) in [6.07, 6.45) is 51.0. The van der Waals surface area contributed by atoms with Gasteiger partial charge in [0, 0.05) is 6.42 Å². The summed E-state index contributed by atoms with van der Waals surface area (Å²) in [6.45, 7) is 2.84. The van der Waals surface area contributed by atoms with Crippen molar-refractivity contribution in [2.24, 2.45) is 0 Å². The number of hydrogen-bond acceptors (Lipinski definition) is 13. The van der Waals surface area contributed by atoms with Gasteiger partial charge in [-0.05, 0) is 44.9 Å². The van der Waals surface area contributed by atoms with Gasteiger partial charge in [-0.3, -0.25) is 4.79 Å². The smallest absolute Gasteiger partial charge is 0.220 e. The highest BCUT2D eigenvalue weighted by Crippen LogP contribution is 2.30. The molecule has 490 valence electrons. The van der Waals surface area contributed by atoms with E-state index in [2.05, 4.69) is 31.3 Å². The van der Waals surface area contributed by atoms with Crippen molar-refractivity contribution in [3.8, 4) is 0 Å². The number of rotatable bonds is 58. The van der Waals surface area contributed by atoms with Crippen molar-refractivity contribution in [2.75, 3.05) is 19.8 Å². The fourth-order valence-electron chi connectivity index (χ4n) is 11.8. The van der Waals surface area contributed by atoms with Gasteiger partial charge in [-0.25, -0.2) is 0 Å². The van der Waals surface area contributed by atoms with Crippen LogP contribution in [0.2, 0.25) is 0 Å². The number of aliphatic hydroxyl groups excluding tert-OH is 8. The van der Waals surface area contributed by atoms with Crippen molar-refractivity contribution in [1.29, 1.82) is 0 Å². The van der Waals surface area contributed by atoms with Crippen molar-refractivity contribution in [1.82, 2.24) is 5.32 Å². The van der Waals surface area contributed by atoms with Crippen LogP contribution in [0.15, 0.2) is 24.3 Å². The number of ether oxygens (including phenoxy) is 4. The minimum absolute atomic E-state index is 0.239. The van der Waals surface area contributed by atoms with Gasteiger partial charge in [0.1, 0.15) is 48.8 Å². The minimum atomic E-state index is -1.79. The molecule has 0 radical (unpaired) electrons. The summed E-state index contributed by atoms with van der Waals surface area (Å²) >= 11 is 0. The maximum absolute atomic E-state index is 13.3. The lowest BCUT2D eigenvalue weighted by Crippen LogP contribution is -2.65. The molecular weight excluding hydrogens is 1050 g/mol. The van der Waals surface area contributed by atoms with Crippen LogP contribution in [0.25, 0.3) is 0 Å².